The van der Waals surface area contributed by atoms with Gasteiger partial charge in [0.25, 0.3) is 0 Å². The minimum Gasteiger partial charge on any atom is -0.383 e. The van der Waals surface area contributed by atoms with Gasteiger partial charge in [0.05, 0.1) is 0 Å². The quantitative estimate of drug-likeness (QED) is 0.244. The van der Waals surface area contributed by atoms with Gasteiger partial charge in [0.1, 0.15) is 0 Å². The fraction of sp³-hybridized carbons (Fsp3) is 1.00. The Morgan fingerprint density at radius 2 is 1.38 bits per heavy atom. The minimum absolute atomic E-state index is 0.629. The highest BCUT2D eigenvalue weighted by atomic mass is 28.4. The van der Waals surface area contributed by atoms with Crippen LogP contribution in [0, 0.1) is 0 Å². The number of hydrogen-bond donors (Lipinski definition) is 1. The first-order chi connectivity index (χ1) is 15.5. The van der Waals surface area contributed by atoms with Gasteiger partial charge < -0.3 is 32.8 Å². The molecule has 0 saturated carbocycles. The molecule has 0 bridgehead atoms. The monoisotopic (exact) mass is 493 g/mol. The third kappa shape index (κ3) is 10.2. The average Bonchev–Trinajstić information content (AvgIpc) is 3.14. The Labute approximate surface area is 199 Å². The van der Waals surface area contributed by atoms with Crippen LogP contribution in [0.2, 0.25) is 12.1 Å². The van der Waals surface area contributed by atoms with Gasteiger partial charge in [-0.05, 0) is 99.6 Å². The Hall–Kier alpha value is 0.114. The van der Waals surface area contributed by atoms with Crippen molar-refractivity contribution in [3.05, 3.63) is 0 Å². The second-order valence-electron chi connectivity index (χ2n) is 8.09. The minimum atomic E-state index is -2.57. The lowest BCUT2D eigenvalue weighted by atomic mass is 10.3. The first kappa shape index (κ1) is 30.1. The fourth-order valence-electron chi connectivity index (χ4n) is 4.58. The number of hydrogen-bond acceptors (Lipinski definition) is 8. The molecule has 10 heteroatoms. The largest absolute Gasteiger partial charge is 0.500 e. The van der Waals surface area contributed by atoms with E-state index in [1.165, 1.54) is 6.42 Å². The predicted octanol–water partition coefficient (Wildman–Crippen LogP) is 3.18. The summed E-state index contributed by atoms with van der Waals surface area (Å²) >= 11 is 0. The van der Waals surface area contributed by atoms with Crippen LogP contribution in [-0.4, -0.2) is 99.3 Å². The molecule has 0 amide bonds. The molecule has 1 aliphatic heterocycles. The maximum atomic E-state index is 6.21. The van der Waals surface area contributed by atoms with Crippen LogP contribution in [0.5, 0.6) is 0 Å². The van der Waals surface area contributed by atoms with E-state index in [1.807, 2.05) is 20.8 Å². The second kappa shape index (κ2) is 17.5. The summed E-state index contributed by atoms with van der Waals surface area (Å²) in [5.74, 6) is 0. The van der Waals surface area contributed by atoms with Gasteiger partial charge in [-0.1, -0.05) is 0 Å². The van der Waals surface area contributed by atoms with E-state index >= 15 is 0 Å². The normalized spacial score (nSPS) is 17.0. The van der Waals surface area contributed by atoms with E-state index in [2.05, 4.69) is 23.3 Å². The molecule has 0 aromatic rings. The first-order valence-corrected chi connectivity index (χ1v) is 16.8. The highest BCUT2D eigenvalue weighted by molar-refractivity contribution is 6.65. The summed E-state index contributed by atoms with van der Waals surface area (Å²) in [7, 11) is -4.76. The van der Waals surface area contributed by atoms with Gasteiger partial charge in [0.15, 0.2) is 0 Å². The maximum Gasteiger partial charge on any atom is 0.500 e. The molecule has 2 N–H and O–H groups in total. The molecule has 8 nitrogen and oxygen atoms in total. The van der Waals surface area contributed by atoms with E-state index in [1.54, 1.807) is 0 Å². The molecule has 192 valence electrons. The van der Waals surface area contributed by atoms with Crippen molar-refractivity contribution in [3.8, 4) is 0 Å². The van der Waals surface area contributed by atoms with Crippen molar-refractivity contribution in [2.45, 2.75) is 72.4 Å². The molecule has 0 aromatic heterocycles. The molecule has 1 rings (SSSR count). The number of nitrogens with two attached hydrogens (primary N) is 1. The smallest absolute Gasteiger partial charge is 0.383 e. The third-order valence-electron chi connectivity index (χ3n) is 5.77. The first-order valence-electron chi connectivity index (χ1n) is 12.9. The summed E-state index contributed by atoms with van der Waals surface area (Å²) in [6, 6.07) is 1.95. The molecule has 1 heterocycles. The van der Waals surface area contributed by atoms with Crippen LogP contribution >= 0.6 is 0 Å². The Bertz CT molecular complexity index is 442. The molecule has 1 saturated heterocycles. The lowest BCUT2D eigenvalue weighted by Crippen LogP contribution is -2.55. The van der Waals surface area contributed by atoms with E-state index in [9.17, 15) is 0 Å². The molecule has 1 aliphatic rings. The molecule has 0 unspecified atom stereocenters. The zero-order chi connectivity index (χ0) is 23.7. The van der Waals surface area contributed by atoms with Crippen molar-refractivity contribution in [2.24, 2.45) is 5.73 Å². The summed E-state index contributed by atoms with van der Waals surface area (Å²) < 4.78 is 33.0. The standard InChI is InChI=1S/C22H51N3O5Si2/c1-6-26-31(27-7-2)21-14-20-25(31)19-12-17-24(16-11-15-23)18-13-22-32(28-8-3,29-9-4)30-10-5/h6-23H2,1-5H3. The van der Waals surface area contributed by atoms with Crippen molar-refractivity contribution < 1.29 is 22.1 Å². The molecule has 0 aromatic carbocycles. The van der Waals surface area contributed by atoms with E-state index < -0.39 is 17.5 Å². The zero-order valence-electron chi connectivity index (χ0n) is 21.5. The van der Waals surface area contributed by atoms with Crippen molar-refractivity contribution in [2.75, 3.05) is 72.3 Å². The zero-order valence-corrected chi connectivity index (χ0v) is 23.5. The molecule has 1 fully saturated rings. The topological polar surface area (TPSA) is 78.7 Å². The fourth-order valence-corrected chi connectivity index (χ4v) is 10.7. The second-order valence-corrected chi connectivity index (χ2v) is 14.0. The van der Waals surface area contributed by atoms with Gasteiger partial charge >= 0.3 is 17.5 Å². The summed E-state index contributed by atoms with van der Waals surface area (Å²) in [6.07, 6.45) is 4.33. The van der Waals surface area contributed by atoms with Gasteiger partial charge in [0.2, 0.25) is 0 Å². The van der Waals surface area contributed by atoms with Crippen LogP contribution in [0.15, 0.2) is 0 Å². The highest BCUT2D eigenvalue weighted by Crippen LogP contribution is 2.28. The highest BCUT2D eigenvalue weighted by Gasteiger charge is 2.48. The summed E-state index contributed by atoms with van der Waals surface area (Å²) in [4.78, 5) is 2.54. The Morgan fingerprint density at radius 1 is 0.812 bits per heavy atom. The van der Waals surface area contributed by atoms with Crippen LogP contribution < -0.4 is 5.73 Å². The molecule has 0 spiro atoms. The lowest BCUT2D eigenvalue weighted by molar-refractivity contribution is 0.0698. The van der Waals surface area contributed by atoms with Crippen LogP contribution in [-0.2, 0) is 22.1 Å². The Kier molecular flexibility index (Phi) is 16.5. The van der Waals surface area contributed by atoms with Gasteiger partial charge in [-0.2, -0.15) is 0 Å². The molecular weight excluding hydrogens is 442 g/mol. The summed E-state index contributed by atoms with van der Waals surface area (Å²) in [5, 5.41) is 0. The Balaban J connectivity index is 2.59. The van der Waals surface area contributed by atoms with Crippen LogP contribution in [0.4, 0.5) is 0 Å². The molecule has 0 aliphatic carbocycles. The van der Waals surface area contributed by atoms with Crippen LogP contribution in [0.1, 0.15) is 60.3 Å². The Morgan fingerprint density at radius 3 is 1.91 bits per heavy atom. The van der Waals surface area contributed by atoms with Crippen molar-refractivity contribution in [1.29, 1.82) is 0 Å². The average molecular weight is 494 g/mol. The third-order valence-corrected chi connectivity index (χ3v) is 12.8. The van der Waals surface area contributed by atoms with Crippen molar-refractivity contribution in [1.82, 2.24) is 9.47 Å². The summed E-state index contributed by atoms with van der Waals surface area (Å²) in [5.41, 5.74) is 5.81. The molecule has 32 heavy (non-hydrogen) atoms. The summed E-state index contributed by atoms with van der Waals surface area (Å²) in [6.45, 7) is 19.5. The van der Waals surface area contributed by atoms with E-state index in [4.69, 9.17) is 27.9 Å². The lowest BCUT2D eigenvalue weighted by Gasteiger charge is -2.34. The SMILES string of the molecule is CCO[Si](CCCN(CCCN)CCCN1CCC[Si]1(OCC)OCC)(OCC)OCC. The van der Waals surface area contributed by atoms with Crippen LogP contribution in [0.25, 0.3) is 0 Å². The van der Waals surface area contributed by atoms with Gasteiger partial charge in [0, 0.05) is 45.1 Å². The van der Waals surface area contributed by atoms with Gasteiger partial charge in [-0.15, -0.1) is 0 Å². The van der Waals surface area contributed by atoms with E-state index in [0.29, 0.717) is 19.8 Å². The van der Waals surface area contributed by atoms with Gasteiger partial charge in [-0.3, -0.25) is 4.57 Å². The van der Waals surface area contributed by atoms with E-state index in [0.717, 1.165) is 83.8 Å². The molecule has 0 atom stereocenters. The van der Waals surface area contributed by atoms with Crippen molar-refractivity contribution >= 4 is 17.5 Å². The van der Waals surface area contributed by atoms with Crippen molar-refractivity contribution in [3.63, 3.8) is 0 Å². The molecular formula is C22H51N3O5Si2. The van der Waals surface area contributed by atoms with Gasteiger partial charge in [-0.25, -0.2) is 0 Å². The maximum absolute atomic E-state index is 6.21. The predicted molar refractivity (Wildman–Crippen MR) is 135 cm³/mol. The van der Waals surface area contributed by atoms with Crippen LogP contribution in [0.3, 0.4) is 0 Å². The number of nitrogens with zero attached hydrogens (tertiary/aromatic N) is 2. The van der Waals surface area contributed by atoms with E-state index in [-0.39, 0.29) is 0 Å². The molecule has 0 radical (unpaired) electrons. The number of rotatable bonds is 21.